The van der Waals surface area contributed by atoms with Crippen molar-refractivity contribution >= 4 is 23.2 Å². The topological polar surface area (TPSA) is 3.24 Å². The quantitative estimate of drug-likeness (QED) is 0.704. The van der Waals surface area contributed by atoms with E-state index in [1.54, 1.807) is 12.1 Å². The van der Waals surface area contributed by atoms with Gasteiger partial charge in [-0.3, -0.25) is 4.90 Å². The molecule has 4 heteroatoms. The Kier molecular flexibility index (Phi) is 6.10. The van der Waals surface area contributed by atoms with Gasteiger partial charge in [0.05, 0.1) is 0 Å². The average molecular weight is 264 g/mol. The summed E-state index contributed by atoms with van der Waals surface area (Å²) in [6, 6.07) is 4.78. The van der Waals surface area contributed by atoms with Crippen LogP contribution in [0.1, 0.15) is 18.9 Å². The van der Waals surface area contributed by atoms with Gasteiger partial charge in [-0.1, -0.05) is 24.6 Å². The Hall–Kier alpha value is -0.310. The number of halogens is 3. The molecule has 0 spiro atoms. The van der Waals surface area contributed by atoms with Gasteiger partial charge in [0.2, 0.25) is 0 Å². The molecular formula is C12H16Cl2FN. The van der Waals surface area contributed by atoms with Gasteiger partial charge in [-0.25, -0.2) is 4.39 Å². The fourth-order valence-electron chi connectivity index (χ4n) is 1.54. The van der Waals surface area contributed by atoms with Crippen LogP contribution in [0.4, 0.5) is 4.39 Å². The summed E-state index contributed by atoms with van der Waals surface area (Å²) in [7, 11) is 0. The highest BCUT2D eigenvalue weighted by Gasteiger charge is 2.10. The number of rotatable bonds is 6. The summed E-state index contributed by atoms with van der Waals surface area (Å²) < 4.78 is 13.5. The summed E-state index contributed by atoms with van der Waals surface area (Å²) in [5.74, 6) is 0.387. The molecule has 0 heterocycles. The van der Waals surface area contributed by atoms with Crippen LogP contribution in [0.2, 0.25) is 5.02 Å². The van der Waals surface area contributed by atoms with Crippen molar-refractivity contribution in [2.45, 2.75) is 19.9 Å². The molecule has 0 aromatic heterocycles. The van der Waals surface area contributed by atoms with Gasteiger partial charge in [0.25, 0.3) is 0 Å². The van der Waals surface area contributed by atoms with Crippen LogP contribution in [0.25, 0.3) is 0 Å². The number of nitrogens with zero attached hydrogens (tertiary/aromatic N) is 1. The van der Waals surface area contributed by atoms with Crippen LogP contribution in [0.3, 0.4) is 0 Å². The molecule has 0 aliphatic heterocycles. The zero-order valence-electron chi connectivity index (χ0n) is 9.35. The van der Waals surface area contributed by atoms with Crippen LogP contribution in [0, 0.1) is 5.82 Å². The zero-order chi connectivity index (χ0) is 12.0. The second kappa shape index (κ2) is 7.10. The van der Waals surface area contributed by atoms with Gasteiger partial charge in [-0.15, -0.1) is 11.6 Å². The third-order valence-electron chi connectivity index (χ3n) is 2.50. The van der Waals surface area contributed by atoms with Crippen molar-refractivity contribution in [3.63, 3.8) is 0 Å². The van der Waals surface area contributed by atoms with Gasteiger partial charge >= 0.3 is 0 Å². The lowest BCUT2D eigenvalue weighted by atomic mass is 10.2. The highest BCUT2D eigenvalue weighted by atomic mass is 35.5. The van der Waals surface area contributed by atoms with E-state index in [0.717, 1.165) is 19.5 Å². The molecule has 0 unspecified atom stereocenters. The van der Waals surface area contributed by atoms with Crippen molar-refractivity contribution in [2.75, 3.05) is 19.0 Å². The van der Waals surface area contributed by atoms with Gasteiger partial charge < -0.3 is 0 Å². The molecule has 1 aromatic carbocycles. The van der Waals surface area contributed by atoms with Gasteiger partial charge in [-0.05, 0) is 31.6 Å². The predicted octanol–water partition coefficient (Wildman–Crippen LogP) is 3.93. The Morgan fingerprint density at radius 2 is 2.12 bits per heavy atom. The van der Waals surface area contributed by atoms with Crippen LogP contribution >= 0.6 is 23.2 Å². The van der Waals surface area contributed by atoms with Gasteiger partial charge in [0.15, 0.2) is 0 Å². The third-order valence-corrected chi connectivity index (χ3v) is 3.12. The molecule has 90 valence electrons. The lowest BCUT2D eigenvalue weighted by molar-refractivity contribution is 0.277. The monoisotopic (exact) mass is 263 g/mol. The zero-order valence-corrected chi connectivity index (χ0v) is 10.9. The van der Waals surface area contributed by atoms with Gasteiger partial charge in [0.1, 0.15) is 5.82 Å². The molecule has 0 N–H and O–H groups in total. The average Bonchev–Trinajstić information content (AvgIpc) is 2.28. The van der Waals surface area contributed by atoms with Gasteiger partial charge in [-0.2, -0.15) is 0 Å². The molecule has 1 rings (SSSR count). The van der Waals surface area contributed by atoms with E-state index in [9.17, 15) is 4.39 Å². The molecule has 0 aliphatic rings. The van der Waals surface area contributed by atoms with Crippen LogP contribution in [-0.2, 0) is 6.54 Å². The highest BCUT2D eigenvalue weighted by Crippen LogP contribution is 2.20. The first-order chi connectivity index (χ1) is 7.69. The van der Waals surface area contributed by atoms with E-state index in [2.05, 4.69) is 4.90 Å². The van der Waals surface area contributed by atoms with Crippen molar-refractivity contribution in [2.24, 2.45) is 0 Å². The molecule has 1 nitrogen and oxygen atoms in total. The Morgan fingerprint density at radius 3 is 2.69 bits per heavy atom. The number of benzene rings is 1. The van der Waals surface area contributed by atoms with Crippen molar-refractivity contribution in [3.8, 4) is 0 Å². The maximum Gasteiger partial charge on any atom is 0.129 e. The lowest BCUT2D eigenvalue weighted by Gasteiger charge is -2.20. The van der Waals surface area contributed by atoms with E-state index >= 15 is 0 Å². The molecule has 1 aromatic rings. The van der Waals surface area contributed by atoms with E-state index < -0.39 is 0 Å². The van der Waals surface area contributed by atoms with E-state index in [4.69, 9.17) is 23.2 Å². The minimum Gasteiger partial charge on any atom is -0.299 e. The molecule has 0 aliphatic carbocycles. The molecule has 16 heavy (non-hydrogen) atoms. The van der Waals surface area contributed by atoms with Crippen LogP contribution < -0.4 is 0 Å². The summed E-state index contributed by atoms with van der Waals surface area (Å²) in [6.07, 6.45) is 0.904. The Labute approximate surface area is 106 Å². The van der Waals surface area contributed by atoms with Crippen molar-refractivity contribution in [3.05, 3.63) is 34.6 Å². The van der Waals surface area contributed by atoms with Crippen LogP contribution in [0.15, 0.2) is 18.2 Å². The molecule has 0 amide bonds. The molecule has 0 bridgehead atoms. The standard InChI is InChI=1S/C12H16Cl2FN/c1-2-16(8-4-7-13)9-10-11(14)5-3-6-12(10)15/h3,5-6H,2,4,7-9H2,1H3. The highest BCUT2D eigenvalue weighted by molar-refractivity contribution is 6.31. The lowest BCUT2D eigenvalue weighted by Crippen LogP contribution is -2.25. The maximum absolute atomic E-state index is 13.5. The number of hydrogen-bond donors (Lipinski definition) is 0. The Balaban J connectivity index is 2.69. The van der Waals surface area contributed by atoms with E-state index in [0.29, 0.717) is 23.0 Å². The Morgan fingerprint density at radius 1 is 1.38 bits per heavy atom. The Bertz CT molecular complexity index is 311. The fraction of sp³-hybridized carbons (Fsp3) is 0.500. The molecule has 0 saturated carbocycles. The van der Waals surface area contributed by atoms with Crippen molar-refractivity contribution < 1.29 is 4.39 Å². The minimum absolute atomic E-state index is 0.239. The normalized spacial score (nSPS) is 11.1. The SMILES string of the molecule is CCN(CCCCl)Cc1c(F)cccc1Cl. The summed E-state index contributed by atoms with van der Waals surface area (Å²) in [5.41, 5.74) is 0.570. The first kappa shape index (κ1) is 13.8. The van der Waals surface area contributed by atoms with E-state index in [1.807, 2.05) is 6.92 Å². The first-order valence-electron chi connectivity index (χ1n) is 5.40. The summed E-state index contributed by atoms with van der Waals surface area (Å²) >= 11 is 11.6. The fourth-order valence-corrected chi connectivity index (χ4v) is 1.88. The van der Waals surface area contributed by atoms with Crippen LogP contribution in [0.5, 0.6) is 0 Å². The summed E-state index contributed by atoms with van der Waals surface area (Å²) in [5, 5.41) is 0.490. The van der Waals surface area contributed by atoms with Crippen molar-refractivity contribution in [1.82, 2.24) is 4.90 Å². The predicted molar refractivity (Wildman–Crippen MR) is 67.7 cm³/mol. The number of hydrogen-bond acceptors (Lipinski definition) is 1. The molecule has 0 atom stereocenters. The summed E-state index contributed by atoms with van der Waals surface area (Å²) in [6.45, 7) is 4.31. The van der Waals surface area contributed by atoms with Gasteiger partial charge in [0, 0.05) is 23.0 Å². The number of alkyl halides is 1. The van der Waals surface area contributed by atoms with E-state index in [-0.39, 0.29) is 5.82 Å². The third kappa shape index (κ3) is 3.93. The molecule has 0 fully saturated rings. The first-order valence-corrected chi connectivity index (χ1v) is 6.31. The van der Waals surface area contributed by atoms with E-state index in [1.165, 1.54) is 6.07 Å². The summed E-state index contributed by atoms with van der Waals surface area (Å²) in [4.78, 5) is 2.13. The second-order valence-corrected chi connectivity index (χ2v) is 4.40. The molecule has 0 saturated heterocycles. The minimum atomic E-state index is -0.239. The second-order valence-electron chi connectivity index (χ2n) is 3.61. The molecule has 0 radical (unpaired) electrons. The smallest absolute Gasteiger partial charge is 0.129 e. The van der Waals surface area contributed by atoms with Crippen molar-refractivity contribution in [1.29, 1.82) is 0 Å². The molecular weight excluding hydrogens is 248 g/mol. The van der Waals surface area contributed by atoms with Crippen LogP contribution in [-0.4, -0.2) is 23.9 Å². The maximum atomic E-state index is 13.5. The largest absolute Gasteiger partial charge is 0.299 e.